The maximum atomic E-state index is 11.0. The first kappa shape index (κ1) is 8.92. The summed E-state index contributed by atoms with van der Waals surface area (Å²) in [5.41, 5.74) is 0. The minimum atomic E-state index is -0.170. The molecule has 0 unspecified atom stereocenters. The Labute approximate surface area is 72.9 Å². The highest BCUT2D eigenvalue weighted by Gasteiger charge is 2.16. The zero-order valence-electron chi connectivity index (χ0n) is 7.31. The Morgan fingerprint density at radius 1 is 1.42 bits per heavy atom. The molecule has 0 aliphatic heterocycles. The van der Waals surface area contributed by atoms with Crippen molar-refractivity contribution in [1.29, 1.82) is 0 Å². The molecule has 0 spiro atoms. The number of hydrogen-bond acceptors (Lipinski definition) is 1. The summed E-state index contributed by atoms with van der Waals surface area (Å²) < 4.78 is 0. The van der Waals surface area contributed by atoms with Gasteiger partial charge in [0, 0.05) is 12.1 Å². The van der Waals surface area contributed by atoms with Crippen LogP contribution in [0, 0.1) is 12.0 Å². The molecule has 2 amide bonds. The fraction of sp³-hybridized carbons (Fsp3) is 0.667. The zero-order valence-corrected chi connectivity index (χ0v) is 7.31. The van der Waals surface area contributed by atoms with Gasteiger partial charge in [-0.3, -0.25) is 5.32 Å². The minimum absolute atomic E-state index is 0.170. The van der Waals surface area contributed by atoms with Gasteiger partial charge < -0.3 is 5.32 Å². The van der Waals surface area contributed by atoms with Crippen LogP contribution in [0.2, 0.25) is 0 Å². The van der Waals surface area contributed by atoms with Gasteiger partial charge in [-0.05, 0) is 19.8 Å². The van der Waals surface area contributed by atoms with Crippen LogP contribution in [0.4, 0.5) is 4.79 Å². The topological polar surface area (TPSA) is 41.1 Å². The molecule has 3 nitrogen and oxygen atoms in total. The number of nitrogens with one attached hydrogen (secondary N) is 2. The molecule has 0 aromatic carbocycles. The summed E-state index contributed by atoms with van der Waals surface area (Å²) in [6.07, 6.45) is 4.66. The van der Waals surface area contributed by atoms with Crippen molar-refractivity contribution < 1.29 is 4.79 Å². The fourth-order valence-electron chi connectivity index (χ4n) is 1.41. The highest BCUT2D eigenvalue weighted by molar-refractivity contribution is 5.76. The summed E-state index contributed by atoms with van der Waals surface area (Å²) in [6, 6.07) is 2.70. The Balaban J connectivity index is 2.19. The van der Waals surface area contributed by atoms with Crippen molar-refractivity contribution >= 4 is 6.03 Å². The van der Waals surface area contributed by atoms with E-state index in [9.17, 15) is 4.79 Å². The predicted octanol–water partition coefficient (Wildman–Crippen LogP) is 1.21. The average Bonchev–Trinajstić information content (AvgIpc) is 2.53. The molecule has 1 aliphatic carbocycles. The summed E-state index contributed by atoms with van der Waals surface area (Å²) in [5.74, 6) is 2.60. The molecule has 12 heavy (non-hydrogen) atoms. The second-order valence-electron chi connectivity index (χ2n) is 2.95. The number of carbonyl (C=O) groups excluding carboxylic acids is 1. The van der Waals surface area contributed by atoms with E-state index in [0.717, 1.165) is 12.8 Å². The predicted molar refractivity (Wildman–Crippen MR) is 47.4 cm³/mol. The van der Waals surface area contributed by atoms with Crippen LogP contribution >= 0.6 is 0 Å². The van der Waals surface area contributed by atoms with Crippen molar-refractivity contribution in [3.05, 3.63) is 0 Å². The number of rotatable bonds is 1. The van der Waals surface area contributed by atoms with Gasteiger partial charge in [0.05, 0.1) is 0 Å². The van der Waals surface area contributed by atoms with E-state index in [4.69, 9.17) is 0 Å². The van der Waals surface area contributed by atoms with Gasteiger partial charge in [-0.15, -0.1) is 0 Å². The summed E-state index contributed by atoms with van der Waals surface area (Å²) in [4.78, 5) is 11.0. The molecule has 1 saturated carbocycles. The molecule has 1 rings (SSSR count). The Bertz CT molecular complexity index is 208. The van der Waals surface area contributed by atoms with Crippen LogP contribution in [0.3, 0.4) is 0 Å². The van der Waals surface area contributed by atoms with Crippen molar-refractivity contribution in [3.8, 4) is 12.0 Å². The van der Waals surface area contributed by atoms with Gasteiger partial charge >= 0.3 is 6.03 Å². The first-order valence-electron chi connectivity index (χ1n) is 4.31. The lowest BCUT2D eigenvalue weighted by molar-refractivity contribution is 0.241. The molecule has 0 saturated heterocycles. The van der Waals surface area contributed by atoms with Crippen molar-refractivity contribution in [2.75, 3.05) is 0 Å². The normalized spacial score (nSPS) is 16.4. The summed E-state index contributed by atoms with van der Waals surface area (Å²) in [7, 11) is 0. The summed E-state index contributed by atoms with van der Waals surface area (Å²) >= 11 is 0. The molecule has 1 aliphatic rings. The Kier molecular flexibility index (Phi) is 3.46. The van der Waals surface area contributed by atoms with Gasteiger partial charge in [-0.2, -0.15) is 0 Å². The number of amides is 2. The maximum absolute atomic E-state index is 11.0. The van der Waals surface area contributed by atoms with Crippen molar-refractivity contribution in [2.45, 2.75) is 38.6 Å². The van der Waals surface area contributed by atoms with Crippen LogP contribution < -0.4 is 10.6 Å². The van der Waals surface area contributed by atoms with E-state index in [-0.39, 0.29) is 6.03 Å². The molecule has 2 N–H and O–H groups in total. The lowest BCUT2D eigenvalue weighted by Gasteiger charge is -2.09. The molecule has 0 heterocycles. The van der Waals surface area contributed by atoms with E-state index in [0.29, 0.717) is 6.04 Å². The fourth-order valence-corrected chi connectivity index (χ4v) is 1.41. The van der Waals surface area contributed by atoms with Gasteiger partial charge in [-0.25, -0.2) is 4.79 Å². The largest absolute Gasteiger partial charge is 0.335 e. The highest BCUT2D eigenvalue weighted by atomic mass is 16.2. The first-order chi connectivity index (χ1) is 5.83. The molecular weight excluding hydrogens is 152 g/mol. The average molecular weight is 166 g/mol. The van der Waals surface area contributed by atoms with Gasteiger partial charge in [-0.1, -0.05) is 18.8 Å². The van der Waals surface area contributed by atoms with Gasteiger partial charge in [0.25, 0.3) is 0 Å². The maximum Gasteiger partial charge on any atom is 0.326 e. The highest BCUT2D eigenvalue weighted by Crippen LogP contribution is 2.17. The van der Waals surface area contributed by atoms with Crippen molar-refractivity contribution in [1.82, 2.24) is 10.6 Å². The van der Waals surface area contributed by atoms with Gasteiger partial charge in [0.15, 0.2) is 0 Å². The van der Waals surface area contributed by atoms with Gasteiger partial charge in [0.1, 0.15) is 0 Å². The summed E-state index contributed by atoms with van der Waals surface area (Å²) in [6.45, 7) is 1.69. The molecule has 0 aromatic rings. The van der Waals surface area contributed by atoms with Gasteiger partial charge in [0.2, 0.25) is 0 Å². The minimum Gasteiger partial charge on any atom is -0.335 e. The Morgan fingerprint density at radius 3 is 2.67 bits per heavy atom. The lowest BCUT2D eigenvalue weighted by Crippen LogP contribution is -2.38. The second-order valence-corrected chi connectivity index (χ2v) is 2.95. The molecule has 66 valence electrons. The molecule has 1 fully saturated rings. The van der Waals surface area contributed by atoms with E-state index >= 15 is 0 Å². The standard InChI is InChI=1S/C9H14N2O/c1-2-7-10-9(12)11-8-5-3-4-6-8/h8H,3-6H2,1H3,(H2,10,11,12). The third-order valence-corrected chi connectivity index (χ3v) is 1.99. The van der Waals surface area contributed by atoms with Crippen molar-refractivity contribution in [2.24, 2.45) is 0 Å². The molecular formula is C9H14N2O. The number of hydrogen-bond donors (Lipinski definition) is 2. The quantitative estimate of drug-likeness (QED) is 0.446. The van der Waals surface area contributed by atoms with Crippen LogP contribution in [0.15, 0.2) is 0 Å². The van der Waals surface area contributed by atoms with E-state index < -0.39 is 0 Å². The molecule has 0 bridgehead atoms. The van der Waals surface area contributed by atoms with E-state index in [1.54, 1.807) is 6.92 Å². The van der Waals surface area contributed by atoms with Crippen LogP contribution in [0.5, 0.6) is 0 Å². The summed E-state index contributed by atoms with van der Waals surface area (Å²) in [5, 5.41) is 5.31. The molecule has 0 aromatic heterocycles. The van der Waals surface area contributed by atoms with E-state index in [1.165, 1.54) is 12.8 Å². The SMILES string of the molecule is CC#CNC(=O)NC1CCCC1. The van der Waals surface area contributed by atoms with Crippen LogP contribution in [-0.4, -0.2) is 12.1 Å². The first-order valence-corrected chi connectivity index (χ1v) is 4.31. The Hall–Kier alpha value is -1.17. The Morgan fingerprint density at radius 2 is 2.08 bits per heavy atom. The van der Waals surface area contributed by atoms with Crippen LogP contribution in [0.25, 0.3) is 0 Å². The molecule has 3 heteroatoms. The molecule has 0 atom stereocenters. The van der Waals surface area contributed by atoms with Crippen molar-refractivity contribution in [3.63, 3.8) is 0 Å². The second kappa shape index (κ2) is 4.66. The number of urea groups is 1. The van der Waals surface area contributed by atoms with Crippen LogP contribution in [0.1, 0.15) is 32.6 Å². The zero-order chi connectivity index (χ0) is 8.81. The lowest BCUT2D eigenvalue weighted by atomic mass is 10.3. The van der Waals surface area contributed by atoms with E-state index in [2.05, 4.69) is 22.6 Å². The van der Waals surface area contributed by atoms with E-state index in [1.807, 2.05) is 0 Å². The third kappa shape index (κ3) is 2.83. The monoisotopic (exact) mass is 166 g/mol. The molecule has 0 radical (unpaired) electrons. The third-order valence-electron chi connectivity index (χ3n) is 1.99. The smallest absolute Gasteiger partial charge is 0.326 e. The van der Waals surface area contributed by atoms with Crippen LogP contribution in [-0.2, 0) is 0 Å². The number of carbonyl (C=O) groups is 1.